The fourth-order valence-corrected chi connectivity index (χ4v) is 2.93. The summed E-state index contributed by atoms with van der Waals surface area (Å²) in [4.78, 5) is 12.1. The zero-order valence-electron chi connectivity index (χ0n) is 14.2. The molecule has 124 valence electrons. The molecule has 0 saturated carbocycles. The molecule has 7 heteroatoms. The first kappa shape index (κ1) is 17.5. The number of thioether (sulfide) groups is 1. The molecule has 0 aliphatic rings. The quantitative estimate of drug-likeness (QED) is 0.823. The molecule has 1 heterocycles. The molecular formula is C16H23N5OS. The average molecular weight is 333 g/mol. The van der Waals surface area contributed by atoms with Gasteiger partial charge in [-0.15, -0.1) is 5.10 Å². The molecule has 0 aliphatic carbocycles. The lowest BCUT2D eigenvalue weighted by Crippen LogP contribution is -2.33. The fraction of sp³-hybridized carbons (Fsp3) is 0.500. The lowest BCUT2D eigenvalue weighted by molar-refractivity contribution is -0.120. The molecule has 1 atom stereocenters. The van der Waals surface area contributed by atoms with Gasteiger partial charge >= 0.3 is 0 Å². The summed E-state index contributed by atoms with van der Waals surface area (Å²) in [5.41, 5.74) is 3.21. The minimum Gasteiger partial charge on any atom is -0.355 e. The summed E-state index contributed by atoms with van der Waals surface area (Å²) in [5.74, 6) is 0.426. The lowest BCUT2D eigenvalue weighted by atomic mass is 10.1. The van der Waals surface area contributed by atoms with E-state index in [2.05, 4.69) is 40.8 Å². The van der Waals surface area contributed by atoms with Gasteiger partial charge in [0.2, 0.25) is 11.1 Å². The number of nitrogens with zero attached hydrogens (tertiary/aromatic N) is 4. The van der Waals surface area contributed by atoms with E-state index in [1.54, 1.807) is 4.68 Å². The van der Waals surface area contributed by atoms with Crippen LogP contribution in [-0.2, 0) is 4.79 Å². The van der Waals surface area contributed by atoms with Gasteiger partial charge in [-0.2, -0.15) is 4.68 Å². The van der Waals surface area contributed by atoms with Gasteiger partial charge in [0.25, 0.3) is 0 Å². The lowest BCUT2D eigenvalue weighted by Gasteiger charge is -2.13. The van der Waals surface area contributed by atoms with Gasteiger partial charge in [-0.1, -0.05) is 43.3 Å². The summed E-state index contributed by atoms with van der Waals surface area (Å²) in [7, 11) is 0. The van der Waals surface area contributed by atoms with Crippen molar-refractivity contribution in [2.75, 3.05) is 6.54 Å². The molecule has 1 amide bonds. The Bertz CT molecular complexity index is 683. The molecule has 0 spiro atoms. The van der Waals surface area contributed by atoms with E-state index in [-0.39, 0.29) is 11.2 Å². The van der Waals surface area contributed by atoms with Crippen molar-refractivity contribution in [2.24, 2.45) is 5.92 Å². The van der Waals surface area contributed by atoms with Crippen LogP contribution in [0.5, 0.6) is 0 Å². The van der Waals surface area contributed by atoms with Crippen LogP contribution < -0.4 is 5.32 Å². The van der Waals surface area contributed by atoms with Crippen molar-refractivity contribution in [3.8, 4) is 5.69 Å². The maximum atomic E-state index is 12.1. The number of carbonyl (C=O) groups is 1. The monoisotopic (exact) mass is 333 g/mol. The van der Waals surface area contributed by atoms with Crippen LogP contribution in [0.25, 0.3) is 5.69 Å². The van der Waals surface area contributed by atoms with E-state index in [9.17, 15) is 4.79 Å². The fourth-order valence-electron chi connectivity index (χ4n) is 2.11. The maximum Gasteiger partial charge on any atom is 0.233 e. The number of carbonyl (C=O) groups excluding carboxylic acids is 1. The van der Waals surface area contributed by atoms with E-state index >= 15 is 0 Å². The first-order chi connectivity index (χ1) is 10.9. The van der Waals surface area contributed by atoms with Crippen LogP contribution in [0.1, 0.15) is 31.9 Å². The molecule has 2 rings (SSSR count). The second-order valence-corrected chi connectivity index (χ2v) is 7.37. The molecule has 1 aromatic carbocycles. The summed E-state index contributed by atoms with van der Waals surface area (Å²) in [6, 6.07) is 6.11. The zero-order chi connectivity index (χ0) is 17.0. The Hall–Kier alpha value is -1.89. The normalized spacial score (nSPS) is 12.4. The van der Waals surface area contributed by atoms with E-state index in [4.69, 9.17) is 0 Å². The molecule has 0 fully saturated rings. The van der Waals surface area contributed by atoms with Gasteiger partial charge in [0.1, 0.15) is 0 Å². The molecule has 0 saturated heterocycles. The Morgan fingerprint density at radius 3 is 2.70 bits per heavy atom. The van der Waals surface area contributed by atoms with Gasteiger partial charge in [0.05, 0.1) is 10.9 Å². The molecule has 2 aromatic rings. The van der Waals surface area contributed by atoms with Crippen molar-refractivity contribution < 1.29 is 4.79 Å². The van der Waals surface area contributed by atoms with Crippen molar-refractivity contribution >= 4 is 17.7 Å². The van der Waals surface area contributed by atoms with Crippen LogP contribution in [0.15, 0.2) is 23.4 Å². The largest absolute Gasteiger partial charge is 0.355 e. The summed E-state index contributed by atoms with van der Waals surface area (Å²) < 4.78 is 1.69. The predicted molar refractivity (Wildman–Crippen MR) is 91.8 cm³/mol. The second-order valence-electron chi connectivity index (χ2n) is 6.06. The van der Waals surface area contributed by atoms with Gasteiger partial charge in [-0.25, -0.2) is 0 Å². The van der Waals surface area contributed by atoms with Crippen molar-refractivity contribution in [3.05, 3.63) is 29.3 Å². The molecule has 23 heavy (non-hydrogen) atoms. The van der Waals surface area contributed by atoms with E-state index < -0.39 is 0 Å². The Labute approximate surface area is 141 Å². The Morgan fingerprint density at radius 1 is 1.30 bits per heavy atom. The van der Waals surface area contributed by atoms with Crippen molar-refractivity contribution in [2.45, 2.75) is 45.0 Å². The van der Waals surface area contributed by atoms with Crippen LogP contribution in [0.3, 0.4) is 0 Å². The van der Waals surface area contributed by atoms with Gasteiger partial charge < -0.3 is 5.32 Å². The first-order valence-corrected chi connectivity index (χ1v) is 8.56. The minimum absolute atomic E-state index is 0.00104. The number of aromatic nitrogens is 4. The minimum atomic E-state index is -0.260. The Morgan fingerprint density at radius 2 is 2.04 bits per heavy atom. The molecule has 0 radical (unpaired) electrons. The summed E-state index contributed by atoms with van der Waals surface area (Å²) in [5, 5.41) is 15.2. The highest BCUT2D eigenvalue weighted by atomic mass is 32.2. The van der Waals surface area contributed by atoms with E-state index in [1.165, 1.54) is 17.3 Å². The van der Waals surface area contributed by atoms with Crippen LogP contribution in [0, 0.1) is 19.8 Å². The van der Waals surface area contributed by atoms with Crippen LogP contribution in [-0.4, -0.2) is 37.9 Å². The van der Waals surface area contributed by atoms with Gasteiger partial charge in [-0.05, 0) is 48.7 Å². The Kier molecular flexibility index (Phi) is 5.76. The number of nitrogens with one attached hydrogen (secondary N) is 1. The molecule has 0 unspecified atom stereocenters. The third-order valence-corrected chi connectivity index (χ3v) is 4.39. The smallest absolute Gasteiger partial charge is 0.233 e. The topological polar surface area (TPSA) is 72.7 Å². The van der Waals surface area contributed by atoms with Crippen LogP contribution in [0.2, 0.25) is 0 Å². The SMILES string of the molecule is Cc1ccc(-n2nnnc2S[C@H](C)C(=O)NCC(C)C)c(C)c1. The zero-order valence-corrected chi connectivity index (χ0v) is 15.0. The second kappa shape index (κ2) is 7.59. The molecule has 0 bridgehead atoms. The summed E-state index contributed by atoms with van der Waals surface area (Å²) in [6.45, 7) is 10.7. The maximum absolute atomic E-state index is 12.1. The molecule has 1 N–H and O–H groups in total. The predicted octanol–water partition coefficient (Wildman–Crippen LogP) is 2.53. The molecule has 1 aromatic heterocycles. The van der Waals surface area contributed by atoms with Gasteiger partial charge in [-0.3, -0.25) is 4.79 Å². The third kappa shape index (κ3) is 4.54. The number of hydrogen-bond donors (Lipinski definition) is 1. The molecule has 0 aliphatic heterocycles. The number of rotatable bonds is 6. The highest BCUT2D eigenvalue weighted by Gasteiger charge is 2.19. The number of aryl methyl sites for hydroxylation is 2. The van der Waals surface area contributed by atoms with Crippen molar-refractivity contribution in [1.82, 2.24) is 25.5 Å². The molecular weight excluding hydrogens is 310 g/mol. The van der Waals surface area contributed by atoms with Gasteiger partial charge in [0, 0.05) is 6.54 Å². The van der Waals surface area contributed by atoms with E-state index in [1.807, 2.05) is 32.9 Å². The van der Waals surface area contributed by atoms with E-state index in [0.717, 1.165) is 11.3 Å². The van der Waals surface area contributed by atoms with Gasteiger partial charge in [0.15, 0.2) is 0 Å². The highest BCUT2D eigenvalue weighted by Crippen LogP contribution is 2.24. The summed E-state index contributed by atoms with van der Waals surface area (Å²) in [6.07, 6.45) is 0. The van der Waals surface area contributed by atoms with Crippen LogP contribution in [0.4, 0.5) is 0 Å². The van der Waals surface area contributed by atoms with Crippen molar-refractivity contribution in [1.29, 1.82) is 0 Å². The number of tetrazole rings is 1. The number of benzene rings is 1. The number of hydrogen-bond acceptors (Lipinski definition) is 5. The highest BCUT2D eigenvalue weighted by molar-refractivity contribution is 8.00. The van der Waals surface area contributed by atoms with Crippen molar-refractivity contribution in [3.63, 3.8) is 0 Å². The number of amides is 1. The van der Waals surface area contributed by atoms with Crippen LogP contribution >= 0.6 is 11.8 Å². The summed E-state index contributed by atoms with van der Waals surface area (Å²) >= 11 is 1.36. The Balaban J connectivity index is 2.13. The first-order valence-electron chi connectivity index (χ1n) is 7.69. The standard InChI is InChI=1S/C16H23N5OS/c1-10(2)9-17-15(22)13(5)23-16-18-19-20-21(16)14-7-6-11(3)8-12(14)4/h6-8,10,13H,9H2,1-5H3,(H,17,22)/t13-/m1/s1. The van der Waals surface area contributed by atoms with E-state index in [0.29, 0.717) is 17.6 Å². The molecule has 6 nitrogen and oxygen atoms in total. The average Bonchev–Trinajstić information content (AvgIpc) is 2.92. The third-order valence-electron chi connectivity index (χ3n) is 3.36.